The lowest BCUT2D eigenvalue weighted by atomic mass is 10.2. The van der Waals surface area contributed by atoms with Gasteiger partial charge in [0.1, 0.15) is 11.6 Å². The van der Waals surface area contributed by atoms with Crippen molar-refractivity contribution >= 4 is 17.7 Å². The second-order valence-corrected chi connectivity index (χ2v) is 7.23. The lowest BCUT2D eigenvalue weighted by Crippen LogP contribution is -2.33. The molecular weight excluding hydrogens is 382 g/mol. The summed E-state index contributed by atoms with van der Waals surface area (Å²) in [6.45, 7) is 3.94. The molecule has 0 saturated heterocycles. The zero-order valence-corrected chi connectivity index (χ0v) is 16.3. The highest BCUT2D eigenvalue weighted by atomic mass is 32.2. The van der Waals surface area contributed by atoms with Gasteiger partial charge in [-0.3, -0.25) is 9.36 Å². The minimum absolute atomic E-state index is 0.0952. The van der Waals surface area contributed by atoms with E-state index in [9.17, 15) is 13.6 Å². The maximum absolute atomic E-state index is 13.4. The normalized spacial score (nSPS) is 12.0. The monoisotopic (exact) mass is 402 g/mol. The summed E-state index contributed by atoms with van der Waals surface area (Å²) < 4.78 is 28.4. The number of amides is 1. The average molecular weight is 402 g/mol. The third-order valence-electron chi connectivity index (χ3n) is 4.17. The summed E-state index contributed by atoms with van der Waals surface area (Å²) in [6.07, 6.45) is 0.844. The van der Waals surface area contributed by atoms with Crippen LogP contribution in [-0.2, 0) is 4.79 Å². The number of hydrogen-bond acceptors (Lipinski definition) is 4. The summed E-state index contributed by atoms with van der Waals surface area (Å²) in [6, 6.07) is 11.9. The Balaban J connectivity index is 1.92. The van der Waals surface area contributed by atoms with Crippen LogP contribution >= 0.6 is 11.8 Å². The molecule has 0 radical (unpaired) electrons. The Labute approximate surface area is 166 Å². The second-order valence-electron chi connectivity index (χ2n) is 6.29. The first-order chi connectivity index (χ1) is 13.5. The molecule has 3 aromatic rings. The van der Waals surface area contributed by atoms with E-state index in [-0.39, 0.29) is 29.3 Å². The molecule has 0 fully saturated rings. The van der Waals surface area contributed by atoms with E-state index in [2.05, 4.69) is 15.5 Å². The number of rotatable bonds is 7. The van der Waals surface area contributed by atoms with Crippen molar-refractivity contribution in [3.05, 3.63) is 60.2 Å². The molecule has 28 heavy (non-hydrogen) atoms. The maximum Gasteiger partial charge on any atom is 0.230 e. The number of benzene rings is 2. The first-order valence-electron chi connectivity index (χ1n) is 8.87. The number of carbonyl (C=O) groups excluding carboxylic acids is 1. The highest BCUT2D eigenvalue weighted by molar-refractivity contribution is 7.99. The number of hydrogen-bond donors (Lipinski definition) is 1. The van der Waals surface area contributed by atoms with Gasteiger partial charge >= 0.3 is 0 Å². The van der Waals surface area contributed by atoms with Crippen LogP contribution in [0.3, 0.4) is 0 Å². The van der Waals surface area contributed by atoms with Crippen molar-refractivity contribution in [3.63, 3.8) is 0 Å². The Morgan fingerprint density at radius 3 is 2.29 bits per heavy atom. The van der Waals surface area contributed by atoms with Gasteiger partial charge < -0.3 is 5.32 Å². The number of thioether (sulfide) groups is 1. The molecule has 5 nitrogen and oxygen atoms in total. The third kappa shape index (κ3) is 4.75. The molecule has 2 aromatic carbocycles. The highest BCUT2D eigenvalue weighted by Crippen LogP contribution is 2.28. The lowest BCUT2D eigenvalue weighted by molar-refractivity contribution is -0.119. The second kappa shape index (κ2) is 8.97. The number of aromatic nitrogens is 3. The van der Waals surface area contributed by atoms with E-state index in [1.807, 2.05) is 13.8 Å². The molecule has 0 aliphatic carbocycles. The van der Waals surface area contributed by atoms with Crippen molar-refractivity contribution in [2.75, 3.05) is 5.75 Å². The van der Waals surface area contributed by atoms with E-state index >= 15 is 0 Å². The molecule has 0 bridgehead atoms. The van der Waals surface area contributed by atoms with Crippen LogP contribution in [0.5, 0.6) is 0 Å². The van der Waals surface area contributed by atoms with Crippen LogP contribution < -0.4 is 5.32 Å². The van der Waals surface area contributed by atoms with Gasteiger partial charge in [-0.15, -0.1) is 10.2 Å². The van der Waals surface area contributed by atoms with Crippen molar-refractivity contribution < 1.29 is 13.6 Å². The van der Waals surface area contributed by atoms with Crippen LogP contribution in [0, 0.1) is 11.6 Å². The summed E-state index contributed by atoms with van der Waals surface area (Å²) >= 11 is 1.23. The summed E-state index contributed by atoms with van der Waals surface area (Å²) in [7, 11) is 0. The fourth-order valence-electron chi connectivity index (χ4n) is 2.52. The molecule has 3 rings (SSSR count). The van der Waals surface area contributed by atoms with Crippen LogP contribution in [0.4, 0.5) is 8.78 Å². The average Bonchev–Trinajstić information content (AvgIpc) is 3.11. The van der Waals surface area contributed by atoms with E-state index in [1.165, 1.54) is 36.0 Å². The number of nitrogens with one attached hydrogen (secondary N) is 1. The highest BCUT2D eigenvalue weighted by Gasteiger charge is 2.18. The predicted octanol–water partition coefficient (Wildman–Crippen LogP) is 4.22. The Hall–Kier alpha value is -2.74. The SMILES string of the molecule is CC[C@@H](C)NC(=O)CSc1nnc(-c2ccc(F)cc2)n1-c1ccc(F)cc1. The van der Waals surface area contributed by atoms with Gasteiger partial charge in [0, 0.05) is 17.3 Å². The largest absolute Gasteiger partial charge is 0.353 e. The van der Waals surface area contributed by atoms with Gasteiger partial charge in [-0.1, -0.05) is 18.7 Å². The summed E-state index contributed by atoms with van der Waals surface area (Å²) in [5, 5.41) is 11.8. The van der Waals surface area contributed by atoms with E-state index in [4.69, 9.17) is 0 Å². The van der Waals surface area contributed by atoms with Gasteiger partial charge in [0.15, 0.2) is 11.0 Å². The third-order valence-corrected chi connectivity index (χ3v) is 5.10. The van der Waals surface area contributed by atoms with Gasteiger partial charge in [-0.05, 0) is 61.9 Å². The minimum Gasteiger partial charge on any atom is -0.353 e. The molecule has 1 amide bonds. The van der Waals surface area contributed by atoms with Crippen molar-refractivity contribution in [3.8, 4) is 17.1 Å². The van der Waals surface area contributed by atoms with Crippen molar-refractivity contribution in [2.45, 2.75) is 31.5 Å². The van der Waals surface area contributed by atoms with Crippen LogP contribution in [0.2, 0.25) is 0 Å². The molecule has 1 atom stereocenters. The molecule has 1 heterocycles. The molecular formula is C20H20F2N4OS. The van der Waals surface area contributed by atoms with E-state index < -0.39 is 0 Å². The van der Waals surface area contributed by atoms with Crippen LogP contribution in [0.1, 0.15) is 20.3 Å². The Kier molecular flexibility index (Phi) is 6.41. The summed E-state index contributed by atoms with van der Waals surface area (Å²) in [4.78, 5) is 12.1. The minimum atomic E-state index is -0.359. The number of halogens is 2. The van der Waals surface area contributed by atoms with E-state index in [1.54, 1.807) is 28.8 Å². The topological polar surface area (TPSA) is 59.8 Å². The van der Waals surface area contributed by atoms with Crippen LogP contribution in [-0.4, -0.2) is 32.5 Å². The van der Waals surface area contributed by atoms with Crippen LogP contribution in [0.15, 0.2) is 53.7 Å². The molecule has 0 aliphatic rings. The molecule has 0 saturated carbocycles. The molecule has 0 unspecified atom stereocenters. The van der Waals surface area contributed by atoms with Gasteiger partial charge in [0.2, 0.25) is 5.91 Å². The summed E-state index contributed by atoms with van der Waals surface area (Å²) in [5.41, 5.74) is 1.31. The first-order valence-corrected chi connectivity index (χ1v) is 9.86. The van der Waals surface area contributed by atoms with Gasteiger partial charge in [0.25, 0.3) is 0 Å². The van der Waals surface area contributed by atoms with Gasteiger partial charge in [-0.2, -0.15) is 0 Å². The smallest absolute Gasteiger partial charge is 0.230 e. The molecule has 0 aliphatic heterocycles. The molecule has 146 valence electrons. The number of carbonyl (C=O) groups is 1. The zero-order chi connectivity index (χ0) is 20.1. The van der Waals surface area contributed by atoms with Crippen molar-refractivity contribution in [1.29, 1.82) is 0 Å². The fourth-order valence-corrected chi connectivity index (χ4v) is 3.28. The Bertz CT molecular complexity index is 942. The van der Waals surface area contributed by atoms with Crippen molar-refractivity contribution in [1.82, 2.24) is 20.1 Å². The lowest BCUT2D eigenvalue weighted by Gasteiger charge is -2.12. The van der Waals surface area contributed by atoms with Gasteiger partial charge in [0.05, 0.1) is 5.75 Å². The Morgan fingerprint density at radius 2 is 1.68 bits per heavy atom. The zero-order valence-electron chi connectivity index (χ0n) is 15.5. The number of nitrogens with zero attached hydrogens (tertiary/aromatic N) is 3. The first kappa shape index (κ1) is 20.0. The molecule has 1 N–H and O–H groups in total. The predicted molar refractivity (Wildman–Crippen MR) is 105 cm³/mol. The maximum atomic E-state index is 13.4. The summed E-state index contributed by atoms with van der Waals surface area (Å²) in [5.74, 6) is -0.157. The van der Waals surface area contributed by atoms with E-state index in [0.29, 0.717) is 22.2 Å². The Morgan fingerprint density at radius 1 is 1.07 bits per heavy atom. The quantitative estimate of drug-likeness (QED) is 0.601. The molecule has 0 spiro atoms. The molecule has 1 aromatic heterocycles. The van der Waals surface area contributed by atoms with Gasteiger partial charge in [-0.25, -0.2) is 8.78 Å². The molecule has 8 heteroatoms. The van der Waals surface area contributed by atoms with Crippen molar-refractivity contribution in [2.24, 2.45) is 0 Å². The van der Waals surface area contributed by atoms with Crippen LogP contribution in [0.25, 0.3) is 17.1 Å². The fraction of sp³-hybridized carbons (Fsp3) is 0.250. The van der Waals surface area contributed by atoms with E-state index in [0.717, 1.165) is 6.42 Å². The standard InChI is InChI=1S/C20H20F2N4OS/c1-3-13(2)23-18(27)12-28-20-25-24-19(14-4-6-15(21)7-5-14)26(20)17-10-8-16(22)9-11-17/h4-11,13H,3,12H2,1-2H3,(H,23,27)/t13-/m1/s1.